The van der Waals surface area contributed by atoms with Gasteiger partial charge in [-0.1, -0.05) is 41.4 Å². The lowest BCUT2D eigenvalue weighted by Gasteiger charge is -2.12. The molecule has 0 saturated heterocycles. The van der Waals surface area contributed by atoms with Crippen molar-refractivity contribution in [3.63, 3.8) is 0 Å². The van der Waals surface area contributed by atoms with Crippen LogP contribution in [0.2, 0.25) is 10.0 Å². The maximum Gasteiger partial charge on any atom is 0.238 e. The fourth-order valence-electron chi connectivity index (χ4n) is 2.68. The van der Waals surface area contributed by atoms with E-state index in [-0.39, 0.29) is 23.2 Å². The fourth-order valence-corrected chi connectivity index (χ4v) is 3.75. The number of carbonyl (C=O) groups is 1. The molecule has 3 heterocycles. The summed E-state index contributed by atoms with van der Waals surface area (Å²) >= 11 is 13.5. The van der Waals surface area contributed by atoms with Gasteiger partial charge in [0.2, 0.25) is 17.7 Å². The smallest absolute Gasteiger partial charge is 0.238 e. The van der Waals surface area contributed by atoms with Crippen molar-refractivity contribution in [2.75, 3.05) is 5.32 Å². The van der Waals surface area contributed by atoms with Gasteiger partial charge in [-0.25, -0.2) is 9.97 Å². The Bertz CT molecular complexity index is 1190. The van der Waals surface area contributed by atoms with Crippen LogP contribution in [0.25, 0.3) is 10.8 Å². The standard InChI is InChI=1S/C21H15Cl2N3O3S/c1-12-16(26-21(28-12)18-7-4-8-30-18)10-19(27)25-15-5-2-3-6-17(15)29-20-14(23)9-13(22)11-24-20/h2-9,11H,10H2,1H3,(H,25,27). The van der Waals surface area contributed by atoms with Gasteiger partial charge in [-0.15, -0.1) is 11.3 Å². The quantitative estimate of drug-likeness (QED) is 0.361. The Hall–Kier alpha value is -2.87. The summed E-state index contributed by atoms with van der Waals surface area (Å²) in [6, 6.07) is 12.4. The summed E-state index contributed by atoms with van der Waals surface area (Å²) in [5, 5.41) is 5.45. The molecule has 152 valence electrons. The number of anilines is 1. The number of aryl methyl sites for hydroxylation is 1. The number of rotatable bonds is 6. The fraction of sp³-hybridized carbons (Fsp3) is 0.0952. The number of oxazole rings is 1. The lowest BCUT2D eigenvalue weighted by molar-refractivity contribution is -0.115. The van der Waals surface area contributed by atoms with Gasteiger partial charge in [0.05, 0.1) is 27.7 Å². The van der Waals surface area contributed by atoms with E-state index >= 15 is 0 Å². The third-order valence-corrected chi connectivity index (χ3v) is 5.43. The SMILES string of the molecule is Cc1oc(-c2cccs2)nc1CC(=O)Nc1ccccc1Oc1ncc(Cl)cc1Cl. The molecule has 0 spiro atoms. The highest BCUT2D eigenvalue weighted by Crippen LogP contribution is 2.33. The molecule has 0 aliphatic heterocycles. The van der Waals surface area contributed by atoms with Crippen LogP contribution < -0.4 is 10.1 Å². The normalized spacial score (nSPS) is 10.8. The number of hydrogen-bond donors (Lipinski definition) is 1. The van der Waals surface area contributed by atoms with Crippen LogP contribution in [0.4, 0.5) is 5.69 Å². The second kappa shape index (κ2) is 8.87. The molecular formula is C21H15Cl2N3O3S. The largest absolute Gasteiger partial charge is 0.440 e. The minimum absolute atomic E-state index is 0.0645. The van der Waals surface area contributed by atoms with Crippen molar-refractivity contribution >= 4 is 46.1 Å². The molecule has 1 aromatic carbocycles. The Labute approximate surface area is 186 Å². The van der Waals surface area contributed by atoms with Gasteiger partial charge < -0.3 is 14.5 Å². The van der Waals surface area contributed by atoms with Crippen LogP contribution in [0.3, 0.4) is 0 Å². The molecule has 1 N–H and O–H groups in total. The molecule has 0 atom stereocenters. The Morgan fingerprint density at radius 1 is 1.23 bits per heavy atom. The van der Waals surface area contributed by atoms with Crippen molar-refractivity contribution in [3.05, 3.63) is 75.5 Å². The maximum atomic E-state index is 12.6. The average molecular weight is 460 g/mol. The summed E-state index contributed by atoms with van der Waals surface area (Å²) in [5.74, 6) is 1.46. The van der Waals surface area contributed by atoms with Crippen LogP contribution in [0, 0.1) is 6.92 Å². The number of carbonyl (C=O) groups excluding carboxylic acids is 1. The number of hydrogen-bond acceptors (Lipinski definition) is 6. The van der Waals surface area contributed by atoms with Crippen LogP contribution in [-0.4, -0.2) is 15.9 Å². The second-order valence-corrected chi connectivity index (χ2v) is 8.05. The highest BCUT2D eigenvalue weighted by Gasteiger charge is 2.17. The van der Waals surface area contributed by atoms with E-state index in [9.17, 15) is 4.79 Å². The molecule has 3 aromatic heterocycles. The first-order valence-electron chi connectivity index (χ1n) is 8.87. The van der Waals surface area contributed by atoms with Crippen molar-refractivity contribution in [1.82, 2.24) is 9.97 Å². The first-order chi connectivity index (χ1) is 14.5. The Morgan fingerprint density at radius 3 is 2.83 bits per heavy atom. The summed E-state index contributed by atoms with van der Waals surface area (Å²) in [6.07, 6.45) is 1.50. The van der Waals surface area contributed by atoms with E-state index in [0.717, 1.165) is 4.88 Å². The van der Waals surface area contributed by atoms with E-state index in [1.54, 1.807) is 31.2 Å². The van der Waals surface area contributed by atoms with Crippen LogP contribution in [0.5, 0.6) is 11.6 Å². The van der Waals surface area contributed by atoms with Crippen LogP contribution >= 0.6 is 34.5 Å². The molecule has 0 radical (unpaired) electrons. The van der Waals surface area contributed by atoms with E-state index in [4.69, 9.17) is 32.4 Å². The van der Waals surface area contributed by atoms with Gasteiger partial charge in [-0.3, -0.25) is 4.79 Å². The number of nitrogens with one attached hydrogen (secondary N) is 1. The minimum Gasteiger partial charge on any atom is -0.440 e. The van der Waals surface area contributed by atoms with Gasteiger partial charge >= 0.3 is 0 Å². The van der Waals surface area contributed by atoms with Gasteiger partial charge in [-0.05, 0) is 36.6 Å². The van der Waals surface area contributed by atoms with Gasteiger partial charge in [0.1, 0.15) is 10.8 Å². The third-order valence-electron chi connectivity index (χ3n) is 4.09. The summed E-state index contributed by atoms with van der Waals surface area (Å²) in [4.78, 5) is 22.1. The van der Waals surface area contributed by atoms with Crippen molar-refractivity contribution in [2.24, 2.45) is 0 Å². The zero-order valence-corrected chi connectivity index (χ0v) is 18.0. The number of pyridine rings is 1. The summed E-state index contributed by atoms with van der Waals surface area (Å²) < 4.78 is 11.5. The average Bonchev–Trinajstić information content (AvgIpc) is 3.36. The van der Waals surface area contributed by atoms with Crippen LogP contribution in [0.1, 0.15) is 11.5 Å². The van der Waals surface area contributed by atoms with E-state index in [1.807, 2.05) is 17.5 Å². The molecule has 0 aliphatic rings. The van der Waals surface area contributed by atoms with Crippen molar-refractivity contribution < 1.29 is 13.9 Å². The molecule has 1 amide bonds. The van der Waals surface area contributed by atoms with Gasteiger partial charge in [-0.2, -0.15) is 0 Å². The Kier molecular flexibility index (Phi) is 6.03. The molecule has 4 rings (SSSR count). The van der Waals surface area contributed by atoms with E-state index < -0.39 is 0 Å². The van der Waals surface area contributed by atoms with E-state index in [1.165, 1.54) is 23.6 Å². The Balaban J connectivity index is 1.49. The first kappa shape index (κ1) is 20.4. The summed E-state index contributed by atoms with van der Waals surface area (Å²) in [6.45, 7) is 1.79. The lowest BCUT2D eigenvalue weighted by atomic mass is 10.2. The van der Waals surface area contributed by atoms with Crippen LogP contribution in [-0.2, 0) is 11.2 Å². The highest BCUT2D eigenvalue weighted by atomic mass is 35.5. The van der Waals surface area contributed by atoms with Crippen molar-refractivity contribution in [1.29, 1.82) is 0 Å². The molecule has 0 unspecified atom stereocenters. The number of aromatic nitrogens is 2. The molecule has 0 saturated carbocycles. The summed E-state index contributed by atoms with van der Waals surface area (Å²) in [7, 11) is 0. The molecular weight excluding hydrogens is 445 g/mol. The topological polar surface area (TPSA) is 77.2 Å². The first-order valence-corrected chi connectivity index (χ1v) is 10.5. The number of thiophene rings is 1. The number of nitrogens with zero attached hydrogens (tertiary/aromatic N) is 2. The third kappa shape index (κ3) is 4.64. The molecule has 0 fully saturated rings. The van der Waals surface area contributed by atoms with Gasteiger partial charge in [0, 0.05) is 6.20 Å². The Morgan fingerprint density at radius 2 is 2.07 bits per heavy atom. The number of ether oxygens (including phenoxy) is 1. The van der Waals surface area contributed by atoms with E-state index in [2.05, 4.69) is 15.3 Å². The number of para-hydroxylation sites is 2. The minimum atomic E-state index is -0.254. The highest BCUT2D eigenvalue weighted by molar-refractivity contribution is 7.13. The zero-order valence-electron chi connectivity index (χ0n) is 15.7. The molecule has 30 heavy (non-hydrogen) atoms. The molecule has 0 aliphatic carbocycles. The van der Waals surface area contributed by atoms with Crippen molar-refractivity contribution in [2.45, 2.75) is 13.3 Å². The van der Waals surface area contributed by atoms with Gasteiger partial charge in [0.15, 0.2) is 5.75 Å². The monoisotopic (exact) mass is 459 g/mol. The predicted octanol–water partition coefficient (Wildman–Crippen LogP) is 6.39. The van der Waals surface area contributed by atoms with Gasteiger partial charge in [0.25, 0.3) is 0 Å². The molecule has 9 heteroatoms. The lowest BCUT2D eigenvalue weighted by Crippen LogP contribution is -2.15. The second-order valence-electron chi connectivity index (χ2n) is 6.26. The molecule has 0 bridgehead atoms. The number of halogens is 2. The van der Waals surface area contributed by atoms with Crippen LogP contribution in [0.15, 0.2) is 58.5 Å². The van der Waals surface area contributed by atoms with Crippen molar-refractivity contribution in [3.8, 4) is 22.4 Å². The summed E-state index contributed by atoms with van der Waals surface area (Å²) in [5.41, 5.74) is 1.06. The maximum absolute atomic E-state index is 12.6. The van der Waals surface area contributed by atoms with E-state index in [0.29, 0.717) is 33.8 Å². The zero-order chi connectivity index (χ0) is 21.1. The molecule has 4 aromatic rings. The number of benzene rings is 1. The number of amides is 1. The predicted molar refractivity (Wildman–Crippen MR) is 118 cm³/mol. The molecule has 6 nitrogen and oxygen atoms in total.